The number of fused-ring (bicyclic) bond motifs is 2. The van der Waals surface area contributed by atoms with E-state index in [1.54, 1.807) is 0 Å². The van der Waals surface area contributed by atoms with Crippen LogP contribution in [0.25, 0.3) is 0 Å². The van der Waals surface area contributed by atoms with Crippen LogP contribution in [0.2, 0.25) is 0 Å². The van der Waals surface area contributed by atoms with E-state index in [1.165, 1.54) is 0 Å². The van der Waals surface area contributed by atoms with Gasteiger partial charge in [0.1, 0.15) is 0 Å². The predicted octanol–water partition coefficient (Wildman–Crippen LogP) is 2.77. The van der Waals surface area contributed by atoms with Gasteiger partial charge in [0.25, 0.3) is 0 Å². The monoisotopic (exact) mass is 350 g/mol. The van der Waals surface area contributed by atoms with Crippen molar-refractivity contribution < 1.29 is 24.1 Å². The summed E-state index contributed by atoms with van der Waals surface area (Å²) in [6.07, 6.45) is 12.0. The van der Waals surface area contributed by atoms with Crippen molar-refractivity contribution >= 4 is 0 Å². The Bertz CT molecular complexity index is 536. The average Bonchev–Trinajstić information content (AvgIpc) is 3.32. The van der Waals surface area contributed by atoms with Gasteiger partial charge in [0, 0.05) is 17.8 Å². The lowest BCUT2D eigenvalue weighted by Crippen LogP contribution is -2.54. The first-order valence-electron chi connectivity index (χ1n) is 10.1. The highest BCUT2D eigenvalue weighted by molar-refractivity contribution is 5.23. The second-order valence-electron chi connectivity index (χ2n) is 8.62. The number of rotatable bonds is 4. The Kier molecular flexibility index (Phi) is 4.03. The van der Waals surface area contributed by atoms with Gasteiger partial charge < -0.3 is 24.1 Å². The van der Waals surface area contributed by atoms with E-state index >= 15 is 0 Å². The quantitative estimate of drug-likeness (QED) is 0.790. The molecule has 4 atom stereocenters. The van der Waals surface area contributed by atoms with Gasteiger partial charge in [-0.1, -0.05) is 12.2 Å². The molecule has 2 spiro atoms. The standard InChI is InChI=1S/C20H30O5/c21-19(6-2-4-17-22-9-10-23-17)5-1-3-15-13-16-14-18(15,19)7-8-20(16)24-11-12-25-20/h1,5,15-17,21H,2-4,6-14H2/t15-,16?,18-,19?/m0/s1. The van der Waals surface area contributed by atoms with Gasteiger partial charge >= 0.3 is 0 Å². The minimum atomic E-state index is -0.705. The highest BCUT2D eigenvalue weighted by Crippen LogP contribution is 2.67. The molecule has 5 aliphatic rings. The second kappa shape index (κ2) is 6.03. The van der Waals surface area contributed by atoms with E-state index in [-0.39, 0.29) is 17.5 Å². The van der Waals surface area contributed by atoms with Crippen molar-refractivity contribution in [3.63, 3.8) is 0 Å². The molecule has 0 aromatic heterocycles. The largest absolute Gasteiger partial charge is 0.385 e. The summed E-state index contributed by atoms with van der Waals surface area (Å²) in [4.78, 5) is 0. The molecule has 0 radical (unpaired) electrons. The zero-order chi connectivity index (χ0) is 17.0. The summed E-state index contributed by atoms with van der Waals surface area (Å²) in [6, 6.07) is 0. The fourth-order valence-corrected chi connectivity index (χ4v) is 6.46. The molecule has 140 valence electrons. The van der Waals surface area contributed by atoms with Crippen LogP contribution in [0.5, 0.6) is 0 Å². The Morgan fingerprint density at radius 1 is 1.00 bits per heavy atom. The van der Waals surface area contributed by atoms with Crippen LogP contribution in [-0.2, 0) is 18.9 Å². The van der Waals surface area contributed by atoms with Gasteiger partial charge in [-0.2, -0.15) is 0 Å². The minimum Gasteiger partial charge on any atom is -0.385 e. The molecule has 0 aromatic carbocycles. The van der Waals surface area contributed by atoms with E-state index in [0.717, 1.165) is 64.6 Å². The number of hydrogen-bond acceptors (Lipinski definition) is 5. The van der Waals surface area contributed by atoms with E-state index < -0.39 is 5.60 Å². The van der Waals surface area contributed by atoms with Crippen molar-refractivity contribution in [3.05, 3.63) is 12.2 Å². The van der Waals surface area contributed by atoms with Crippen LogP contribution in [0.1, 0.15) is 51.4 Å². The lowest BCUT2D eigenvalue weighted by Gasteiger charge is -2.53. The maximum atomic E-state index is 11.7. The zero-order valence-electron chi connectivity index (χ0n) is 15.0. The molecule has 2 heterocycles. The molecule has 2 saturated carbocycles. The highest BCUT2D eigenvalue weighted by Gasteiger charge is 2.66. The molecule has 4 fully saturated rings. The van der Waals surface area contributed by atoms with Crippen LogP contribution < -0.4 is 0 Å². The minimum absolute atomic E-state index is 0.00433. The summed E-state index contributed by atoms with van der Waals surface area (Å²) in [6.45, 7) is 2.84. The number of allylic oxidation sites excluding steroid dienone is 1. The van der Waals surface area contributed by atoms with Gasteiger partial charge in [-0.3, -0.25) is 0 Å². The third kappa shape index (κ3) is 2.47. The zero-order valence-corrected chi connectivity index (χ0v) is 15.0. The van der Waals surface area contributed by atoms with Gasteiger partial charge in [0.15, 0.2) is 12.1 Å². The molecular weight excluding hydrogens is 320 g/mol. The van der Waals surface area contributed by atoms with E-state index in [1.807, 2.05) is 0 Å². The first-order chi connectivity index (χ1) is 12.2. The average molecular weight is 350 g/mol. The van der Waals surface area contributed by atoms with Crippen LogP contribution in [0.4, 0.5) is 0 Å². The van der Waals surface area contributed by atoms with Crippen LogP contribution in [0, 0.1) is 17.3 Å². The van der Waals surface area contributed by atoms with E-state index in [9.17, 15) is 5.11 Å². The van der Waals surface area contributed by atoms with Gasteiger partial charge in [-0.25, -0.2) is 0 Å². The fourth-order valence-electron chi connectivity index (χ4n) is 6.46. The molecule has 0 aromatic rings. The van der Waals surface area contributed by atoms with Crippen LogP contribution in [-0.4, -0.2) is 49.2 Å². The molecule has 2 saturated heterocycles. The topological polar surface area (TPSA) is 57.2 Å². The molecule has 2 unspecified atom stereocenters. The third-order valence-electron chi connectivity index (χ3n) is 7.64. The molecule has 5 nitrogen and oxygen atoms in total. The Labute approximate surface area is 149 Å². The summed E-state index contributed by atoms with van der Waals surface area (Å²) < 4.78 is 23.2. The first kappa shape index (κ1) is 16.7. The van der Waals surface area contributed by atoms with Crippen molar-refractivity contribution in [2.75, 3.05) is 26.4 Å². The smallest absolute Gasteiger partial charge is 0.171 e. The highest BCUT2D eigenvalue weighted by atomic mass is 16.7. The normalized spacial score (nSPS) is 45.3. The third-order valence-corrected chi connectivity index (χ3v) is 7.64. The molecule has 5 heteroatoms. The Balaban J connectivity index is 1.32. The molecule has 2 aliphatic heterocycles. The molecule has 0 amide bonds. The Morgan fingerprint density at radius 2 is 1.80 bits per heavy atom. The number of hydrogen-bond donors (Lipinski definition) is 1. The van der Waals surface area contributed by atoms with Crippen molar-refractivity contribution in [2.45, 2.75) is 69.0 Å². The Hall–Kier alpha value is -0.460. The van der Waals surface area contributed by atoms with Gasteiger partial charge in [-0.15, -0.1) is 0 Å². The van der Waals surface area contributed by atoms with Crippen molar-refractivity contribution in [1.29, 1.82) is 0 Å². The molecule has 2 bridgehead atoms. The maximum absolute atomic E-state index is 11.7. The van der Waals surface area contributed by atoms with E-state index in [2.05, 4.69) is 12.2 Å². The summed E-state index contributed by atoms with van der Waals surface area (Å²) >= 11 is 0. The molecule has 1 N–H and O–H groups in total. The van der Waals surface area contributed by atoms with Crippen LogP contribution in [0.15, 0.2) is 12.2 Å². The number of aliphatic hydroxyl groups is 1. The Morgan fingerprint density at radius 3 is 2.60 bits per heavy atom. The lowest BCUT2D eigenvalue weighted by molar-refractivity contribution is -0.226. The van der Waals surface area contributed by atoms with Gasteiger partial charge in [-0.05, 0) is 50.9 Å². The maximum Gasteiger partial charge on any atom is 0.171 e. The summed E-state index contributed by atoms with van der Waals surface area (Å²) in [5.74, 6) is 0.634. The van der Waals surface area contributed by atoms with E-state index in [0.29, 0.717) is 25.0 Å². The fraction of sp³-hybridized carbons (Fsp3) is 0.900. The number of ether oxygens (including phenoxy) is 4. The van der Waals surface area contributed by atoms with Crippen molar-refractivity contribution in [2.24, 2.45) is 17.3 Å². The van der Waals surface area contributed by atoms with Crippen LogP contribution in [0.3, 0.4) is 0 Å². The van der Waals surface area contributed by atoms with Crippen LogP contribution >= 0.6 is 0 Å². The van der Waals surface area contributed by atoms with Gasteiger partial charge in [0.05, 0.1) is 32.0 Å². The summed E-state index contributed by atoms with van der Waals surface area (Å²) in [5.41, 5.74) is -0.701. The SMILES string of the molecule is OC1(CCCC2OCCO2)C=CC[C@H]2CC3C[C@@]21CCC31OCCO1. The molecule has 25 heavy (non-hydrogen) atoms. The first-order valence-corrected chi connectivity index (χ1v) is 10.1. The van der Waals surface area contributed by atoms with Gasteiger partial charge in [0.2, 0.25) is 0 Å². The second-order valence-corrected chi connectivity index (χ2v) is 8.62. The van der Waals surface area contributed by atoms with Crippen molar-refractivity contribution in [1.82, 2.24) is 0 Å². The summed E-state index contributed by atoms with van der Waals surface area (Å²) in [5, 5.41) is 11.7. The van der Waals surface area contributed by atoms with E-state index in [4.69, 9.17) is 18.9 Å². The lowest BCUT2D eigenvalue weighted by atomic mass is 9.56. The predicted molar refractivity (Wildman–Crippen MR) is 90.8 cm³/mol. The molecular formula is C20H30O5. The van der Waals surface area contributed by atoms with Crippen molar-refractivity contribution in [3.8, 4) is 0 Å². The summed E-state index contributed by atoms with van der Waals surface area (Å²) in [7, 11) is 0. The molecule has 5 rings (SSSR count). The molecule has 3 aliphatic carbocycles.